The maximum Gasteiger partial charge on any atom is 0.321 e. The van der Waals surface area contributed by atoms with Crippen LogP contribution in [0.3, 0.4) is 0 Å². The minimum absolute atomic E-state index is 0.00479. The summed E-state index contributed by atoms with van der Waals surface area (Å²) >= 11 is 5.82. The molecule has 0 amide bonds. The van der Waals surface area contributed by atoms with Gasteiger partial charge in [0.1, 0.15) is 43.0 Å². The van der Waals surface area contributed by atoms with E-state index < -0.39 is 97.8 Å². The van der Waals surface area contributed by atoms with E-state index in [0.717, 1.165) is 37.5 Å². The van der Waals surface area contributed by atoms with Gasteiger partial charge in [0, 0.05) is 20.8 Å². The van der Waals surface area contributed by atoms with Gasteiger partial charge in [0.2, 0.25) is 0 Å². The number of alkyl halides is 1. The van der Waals surface area contributed by atoms with Crippen molar-refractivity contribution in [2.75, 3.05) is 19.1 Å². The Morgan fingerprint density at radius 2 is 1.09 bits per heavy atom. The minimum atomic E-state index is -1.65. The zero-order chi connectivity index (χ0) is 40.7. The van der Waals surface area contributed by atoms with Gasteiger partial charge in [0.15, 0.2) is 30.9 Å². The lowest BCUT2D eigenvalue weighted by Gasteiger charge is -2.48. The van der Waals surface area contributed by atoms with E-state index in [-0.39, 0.29) is 26.4 Å². The number of aliphatic hydroxyl groups is 1. The fraction of sp³-hybridized carbons (Fsp3) is 0.463. The van der Waals surface area contributed by atoms with Crippen molar-refractivity contribution in [2.24, 2.45) is 0 Å². The number of aliphatic hydroxyl groups excluding tert-OH is 1. The highest BCUT2D eigenvalue weighted by atomic mass is 35.5. The smallest absolute Gasteiger partial charge is 0.321 e. The standard InChI is InChI=1S/C41H47ClO15/c1-25(43)49-24-32-35(52-26(2)44)37(56-33(46)19-42)39(53-27(3)45)41(55-32)57-36-34(50-21-29-15-9-5-10-16-29)31(23-48-20-28-13-7-4-8-14-28)54-40(47)38(36)51-22-30-17-11-6-12-18-30/h4-18,31-32,34-41,47H,19-24H2,1-3H3/t31-,32-,34-,35-,36+,37+,38-,39-,40+,41+/m1/s1. The van der Waals surface area contributed by atoms with Crippen molar-refractivity contribution in [3.05, 3.63) is 108 Å². The van der Waals surface area contributed by atoms with Crippen molar-refractivity contribution in [3.63, 3.8) is 0 Å². The summed E-state index contributed by atoms with van der Waals surface area (Å²) in [5, 5.41) is 11.6. The zero-order valence-electron chi connectivity index (χ0n) is 31.7. The second-order valence-corrected chi connectivity index (χ2v) is 13.5. The second kappa shape index (κ2) is 21.9. The lowest BCUT2D eigenvalue weighted by Crippen LogP contribution is -2.67. The molecular formula is C41H47ClO15. The number of hydrogen-bond acceptors (Lipinski definition) is 15. The van der Waals surface area contributed by atoms with Crippen LogP contribution in [0.25, 0.3) is 0 Å². The summed E-state index contributed by atoms with van der Waals surface area (Å²) in [6.45, 7) is 3.09. The molecule has 0 spiro atoms. The van der Waals surface area contributed by atoms with Crippen LogP contribution in [0.5, 0.6) is 0 Å². The molecular weight excluding hydrogens is 768 g/mol. The summed E-state index contributed by atoms with van der Waals surface area (Å²) in [5.41, 5.74) is 2.47. The van der Waals surface area contributed by atoms with Gasteiger partial charge >= 0.3 is 23.9 Å². The van der Waals surface area contributed by atoms with Gasteiger partial charge < -0.3 is 52.5 Å². The fourth-order valence-electron chi connectivity index (χ4n) is 6.41. The Kier molecular flexibility index (Phi) is 16.8. The molecule has 16 heteroatoms. The second-order valence-electron chi connectivity index (χ2n) is 13.3. The summed E-state index contributed by atoms with van der Waals surface area (Å²) in [5.74, 6) is -3.90. The first-order valence-electron chi connectivity index (χ1n) is 18.3. The highest BCUT2D eigenvalue weighted by molar-refractivity contribution is 6.26. The molecule has 0 bridgehead atoms. The third kappa shape index (κ3) is 13.0. The molecule has 2 saturated heterocycles. The van der Waals surface area contributed by atoms with Crippen molar-refractivity contribution in [1.29, 1.82) is 0 Å². The molecule has 2 heterocycles. The van der Waals surface area contributed by atoms with Gasteiger partial charge in [0.25, 0.3) is 0 Å². The maximum atomic E-state index is 12.7. The number of hydrogen-bond donors (Lipinski definition) is 1. The van der Waals surface area contributed by atoms with E-state index in [1.54, 1.807) is 0 Å². The molecule has 0 radical (unpaired) electrons. The zero-order valence-corrected chi connectivity index (χ0v) is 32.5. The molecule has 2 aliphatic rings. The first kappa shape index (κ1) is 43.7. The number of benzene rings is 3. The molecule has 0 aromatic heterocycles. The van der Waals surface area contributed by atoms with Crippen molar-refractivity contribution in [3.8, 4) is 0 Å². The monoisotopic (exact) mass is 814 g/mol. The average molecular weight is 815 g/mol. The van der Waals surface area contributed by atoms with Crippen molar-refractivity contribution < 1.29 is 71.7 Å². The van der Waals surface area contributed by atoms with Crippen LogP contribution >= 0.6 is 11.6 Å². The molecule has 2 aliphatic heterocycles. The molecule has 2 fully saturated rings. The first-order chi connectivity index (χ1) is 27.5. The Hall–Kier alpha value is -4.45. The van der Waals surface area contributed by atoms with Crippen LogP contribution in [0.2, 0.25) is 0 Å². The lowest BCUT2D eigenvalue weighted by molar-refractivity contribution is -0.366. The Bertz CT molecular complexity index is 1710. The minimum Gasteiger partial charge on any atom is -0.463 e. The number of esters is 4. The molecule has 1 N–H and O–H groups in total. The number of ether oxygens (including phenoxy) is 10. The normalized spacial score (nSPS) is 27.2. The third-order valence-electron chi connectivity index (χ3n) is 8.89. The van der Waals surface area contributed by atoms with Crippen LogP contribution in [0.15, 0.2) is 91.0 Å². The molecule has 10 atom stereocenters. The topological polar surface area (TPSA) is 181 Å². The largest absolute Gasteiger partial charge is 0.463 e. The molecule has 57 heavy (non-hydrogen) atoms. The van der Waals surface area contributed by atoms with Gasteiger partial charge in [-0.05, 0) is 16.7 Å². The highest BCUT2D eigenvalue weighted by Crippen LogP contribution is 2.35. The summed E-state index contributed by atoms with van der Waals surface area (Å²) < 4.78 is 60.2. The molecule has 5 rings (SSSR count). The molecule has 15 nitrogen and oxygen atoms in total. The third-order valence-corrected chi connectivity index (χ3v) is 9.11. The maximum absolute atomic E-state index is 12.7. The van der Waals surface area contributed by atoms with Crippen LogP contribution in [-0.4, -0.2) is 109 Å². The van der Waals surface area contributed by atoms with E-state index in [1.165, 1.54) is 0 Å². The van der Waals surface area contributed by atoms with Crippen molar-refractivity contribution in [2.45, 2.75) is 102 Å². The Labute approximate surface area is 335 Å². The summed E-state index contributed by atoms with van der Waals surface area (Å²) in [6, 6.07) is 27.9. The van der Waals surface area contributed by atoms with Gasteiger partial charge in [-0.2, -0.15) is 0 Å². The lowest BCUT2D eigenvalue weighted by atomic mass is 9.96. The van der Waals surface area contributed by atoms with E-state index in [4.69, 9.17) is 59.0 Å². The summed E-state index contributed by atoms with van der Waals surface area (Å²) in [6.07, 6.45) is -13.8. The van der Waals surface area contributed by atoms with Crippen LogP contribution in [0.4, 0.5) is 0 Å². The van der Waals surface area contributed by atoms with Gasteiger partial charge in [-0.3, -0.25) is 19.2 Å². The summed E-state index contributed by atoms with van der Waals surface area (Å²) in [4.78, 5) is 49.7. The van der Waals surface area contributed by atoms with E-state index in [1.807, 2.05) is 91.0 Å². The van der Waals surface area contributed by atoms with Crippen LogP contribution < -0.4 is 0 Å². The van der Waals surface area contributed by atoms with Crippen molar-refractivity contribution >= 4 is 35.5 Å². The SMILES string of the molecule is CC(=O)OC[C@H]1O[C@@H](O[C@@H]2[C@@H](OCc3ccccc3)[C@@H](O)O[C@H](COCc3ccccc3)[C@H]2OCc2ccccc2)[C@H](OC(C)=O)[C@@H](OC(=O)CCl)[C@@H]1OC(C)=O. The Balaban J connectivity index is 1.55. The molecule has 308 valence electrons. The first-order valence-corrected chi connectivity index (χ1v) is 18.9. The van der Waals surface area contributed by atoms with E-state index >= 15 is 0 Å². The number of carbonyl (C=O) groups is 4. The van der Waals surface area contributed by atoms with Gasteiger partial charge in [-0.15, -0.1) is 11.6 Å². The predicted octanol–water partition coefficient (Wildman–Crippen LogP) is 3.78. The van der Waals surface area contributed by atoms with Gasteiger partial charge in [0.05, 0.1) is 26.4 Å². The number of halogens is 1. The highest BCUT2D eigenvalue weighted by Gasteiger charge is 2.56. The fourth-order valence-corrected chi connectivity index (χ4v) is 6.47. The predicted molar refractivity (Wildman–Crippen MR) is 199 cm³/mol. The molecule has 0 aliphatic carbocycles. The quantitative estimate of drug-likeness (QED) is 0.111. The Morgan fingerprint density at radius 3 is 1.61 bits per heavy atom. The molecule has 0 unspecified atom stereocenters. The number of rotatable bonds is 18. The van der Waals surface area contributed by atoms with E-state index in [9.17, 15) is 24.3 Å². The van der Waals surface area contributed by atoms with E-state index in [2.05, 4.69) is 0 Å². The van der Waals surface area contributed by atoms with Crippen LogP contribution in [0.1, 0.15) is 37.5 Å². The number of carbonyl (C=O) groups excluding carboxylic acids is 4. The van der Waals surface area contributed by atoms with Gasteiger partial charge in [-0.25, -0.2) is 0 Å². The Morgan fingerprint density at radius 1 is 0.579 bits per heavy atom. The van der Waals surface area contributed by atoms with Gasteiger partial charge in [-0.1, -0.05) is 91.0 Å². The van der Waals surface area contributed by atoms with Crippen LogP contribution in [0, 0.1) is 0 Å². The average Bonchev–Trinajstić information content (AvgIpc) is 3.19. The summed E-state index contributed by atoms with van der Waals surface area (Å²) in [7, 11) is 0. The molecule has 3 aromatic carbocycles. The molecule has 0 saturated carbocycles. The van der Waals surface area contributed by atoms with E-state index in [0.29, 0.717) is 0 Å². The van der Waals surface area contributed by atoms with Crippen molar-refractivity contribution in [1.82, 2.24) is 0 Å². The molecule has 3 aromatic rings. The van der Waals surface area contributed by atoms with Crippen LogP contribution in [-0.2, 0) is 86.4 Å².